The summed E-state index contributed by atoms with van der Waals surface area (Å²) in [6.45, 7) is 26.2. The lowest BCUT2D eigenvalue weighted by atomic mass is 9.34. The molecule has 448 valence electrons. The average molecular weight is 1110 g/mol. The van der Waals surface area contributed by atoms with Gasteiger partial charge >= 0.3 is 5.97 Å². The van der Waals surface area contributed by atoms with Crippen LogP contribution in [-0.4, -0.2) is 100 Å². The van der Waals surface area contributed by atoms with Crippen molar-refractivity contribution in [2.24, 2.45) is 82.5 Å². The van der Waals surface area contributed by atoms with Gasteiger partial charge in [-0.3, -0.25) is 28.8 Å². The van der Waals surface area contributed by atoms with Crippen LogP contribution in [-0.2, 0) is 28.8 Å². The lowest BCUT2D eigenvalue weighted by Gasteiger charge is -2.70. The van der Waals surface area contributed by atoms with E-state index >= 15 is 0 Å². The van der Waals surface area contributed by atoms with Crippen molar-refractivity contribution in [3.8, 4) is 0 Å². The first-order valence-corrected chi connectivity index (χ1v) is 28.8. The number of aliphatic hydroxyl groups excluding tert-OH is 4. The molecule has 0 bridgehead atoms. The highest BCUT2D eigenvalue weighted by Gasteiger charge is 2.70. The number of amides is 1. The maximum atomic E-state index is 13.3. The van der Waals surface area contributed by atoms with Crippen LogP contribution in [0.1, 0.15) is 195 Å². The molecule has 0 aromatic rings. The van der Waals surface area contributed by atoms with Crippen molar-refractivity contribution >= 4 is 35.0 Å². The molecule has 0 aliphatic heterocycles. The Balaban J connectivity index is 0.000000267. The van der Waals surface area contributed by atoms with Gasteiger partial charge in [0.15, 0.2) is 0 Å². The first kappa shape index (κ1) is 66.7. The maximum absolute atomic E-state index is 13.3. The number of nitrogens with two attached hydrogens (primary N) is 1. The van der Waals surface area contributed by atoms with E-state index in [9.17, 15) is 49.2 Å². The third kappa shape index (κ3) is 9.16. The molecule has 10 rings (SSSR count). The zero-order valence-corrected chi connectivity index (χ0v) is 48.5. The van der Waals surface area contributed by atoms with E-state index in [0.29, 0.717) is 24.8 Å². The second-order valence-electron chi connectivity index (χ2n) is 28.7. The van der Waals surface area contributed by atoms with Crippen LogP contribution in [0.2, 0.25) is 0 Å². The van der Waals surface area contributed by atoms with Gasteiger partial charge in [-0.2, -0.15) is 0 Å². The van der Waals surface area contributed by atoms with Crippen molar-refractivity contribution in [3.63, 3.8) is 0 Å². The fourth-order valence-electron chi connectivity index (χ4n) is 18.5. The SMILES string of the molecule is C.C.C.C[C@@]1(C(=O)NCCO)CC[C@]2(C)CC[C@]3(C)C4=CC=C5C(=CC(=O)C(=O)[C@@]5(C)CO)[C@]4(C)CC[C@@]3(C)[C@@H]2C1.C[C@@]1(C(=O)O)CC[C@]2(C)CC[C@]3(C)C4=CC=C5C(=CC(=O)C(=O)[C@@]5(C)CO)[C@]4(C)CC[C@@]3(C)[C@@H]2C1.NCCO. The van der Waals surface area contributed by atoms with Gasteiger partial charge in [-0.15, -0.1) is 0 Å². The Morgan fingerprint density at radius 2 is 0.875 bits per heavy atom. The second kappa shape index (κ2) is 21.8. The molecular formula is C67H104N2O11. The molecule has 0 unspecified atom stereocenters. The highest BCUT2D eigenvalue weighted by molar-refractivity contribution is 6.46. The molecule has 13 nitrogen and oxygen atoms in total. The van der Waals surface area contributed by atoms with Crippen LogP contribution in [0.15, 0.2) is 69.9 Å². The molecule has 14 atom stereocenters. The second-order valence-corrected chi connectivity index (χ2v) is 28.7. The molecule has 13 heteroatoms. The third-order valence-electron chi connectivity index (χ3n) is 24.6. The normalized spacial score (nSPS) is 43.7. The van der Waals surface area contributed by atoms with Gasteiger partial charge in [-0.1, -0.05) is 120 Å². The molecule has 0 spiro atoms. The number of carbonyl (C=O) groups is 6. The van der Waals surface area contributed by atoms with Gasteiger partial charge in [0.1, 0.15) is 0 Å². The number of allylic oxidation sites excluding steroid dienone is 10. The van der Waals surface area contributed by atoms with E-state index in [0.717, 1.165) is 106 Å². The molecule has 8 N–H and O–H groups in total. The fourth-order valence-corrected chi connectivity index (χ4v) is 18.5. The number of aliphatic carboxylic acids is 1. The highest BCUT2D eigenvalue weighted by Crippen LogP contribution is 2.78. The van der Waals surface area contributed by atoms with Crippen molar-refractivity contribution in [1.82, 2.24) is 5.32 Å². The Morgan fingerprint density at radius 3 is 1.23 bits per heavy atom. The molecular weight excluding hydrogens is 1010 g/mol. The number of carbonyl (C=O) groups excluding carboxylic acids is 5. The van der Waals surface area contributed by atoms with Crippen LogP contribution in [0.25, 0.3) is 0 Å². The quantitative estimate of drug-likeness (QED) is 0.118. The van der Waals surface area contributed by atoms with Gasteiger partial charge in [-0.25, -0.2) is 0 Å². The number of nitrogens with one attached hydrogen (secondary N) is 1. The zero-order valence-electron chi connectivity index (χ0n) is 48.5. The van der Waals surface area contributed by atoms with Crippen LogP contribution in [0, 0.1) is 76.8 Å². The van der Waals surface area contributed by atoms with E-state index in [1.165, 1.54) is 11.1 Å². The molecule has 10 aliphatic carbocycles. The lowest BCUT2D eigenvalue weighted by Crippen LogP contribution is -2.63. The summed E-state index contributed by atoms with van der Waals surface area (Å²) in [5.74, 6) is -2.08. The van der Waals surface area contributed by atoms with E-state index in [2.05, 4.69) is 79.8 Å². The number of hydrogen-bond acceptors (Lipinski definition) is 11. The molecule has 1 amide bonds. The molecule has 0 aromatic heterocycles. The molecule has 0 saturated heterocycles. The van der Waals surface area contributed by atoms with Gasteiger partial charge in [0.05, 0.1) is 42.7 Å². The number of carboxylic acids is 1. The summed E-state index contributed by atoms with van der Waals surface area (Å²) in [7, 11) is 0. The average Bonchev–Trinajstić information content (AvgIpc) is 3.43. The summed E-state index contributed by atoms with van der Waals surface area (Å²) < 4.78 is 0. The molecule has 0 aromatic carbocycles. The largest absolute Gasteiger partial charge is 0.481 e. The van der Waals surface area contributed by atoms with E-state index in [1.54, 1.807) is 26.0 Å². The van der Waals surface area contributed by atoms with Gasteiger partial charge in [0, 0.05) is 29.3 Å². The van der Waals surface area contributed by atoms with Gasteiger partial charge in [-0.05, 0) is 189 Å². The molecule has 0 heterocycles. The number of ketones is 4. The lowest BCUT2D eigenvalue weighted by molar-refractivity contribution is -0.178. The van der Waals surface area contributed by atoms with Crippen LogP contribution in [0.3, 0.4) is 0 Å². The van der Waals surface area contributed by atoms with Crippen molar-refractivity contribution < 1.29 is 54.3 Å². The Kier molecular flexibility index (Phi) is 18.2. The third-order valence-corrected chi connectivity index (χ3v) is 24.6. The molecule has 10 aliphatic rings. The minimum atomic E-state index is -1.20. The van der Waals surface area contributed by atoms with Crippen molar-refractivity contribution in [1.29, 1.82) is 0 Å². The summed E-state index contributed by atoms with van der Waals surface area (Å²) >= 11 is 0. The summed E-state index contributed by atoms with van der Waals surface area (Å²) in [6, 6.07) is 0. The Morgan fingerprint density at radius 1 is 0.512 bits per heavy atom. The predicted molar refractivity (Wildman–Crippen MR) is 316 cm³/mol. The van der Waals surface area contributed by atoms with Crippen LogP contribution in [0.5, 0.6) is 0 Å². The van der Waals surface area contributed by atoms with E-state index in [4.69, 9.17) is 10.8 Å². The summed E-state index contributed by atoms with van der Waals surface area (Å²) in [5, 5.41) is 50.5. The standard InChI is InChI=1S/C32H45NO5.C30H40O5.C2H7NO.3CH4/c1-27-9-10-28(2,26(38)33-15-16-34)18-24(27)32(6)14-12-29(3)21-17-22(36)25(37)30(4,19-35)20(21)7-8-23(29)31(32,5)13-11-27;1-25-9-10-26(2,24(34)35)16-22(25)30(6)14-12-27(3)19-15-20(32)23(33)28(4,17-31)18(19)7-8-21(27)29(30,5)13-11-25;3-1-2-4;;;/h7-8,17,24,34-35H,9-16,18-19H2,1-6H3,(H,33,38);7-8,15,22,31H,9-14,16-17H2,1-6H3,(H,34,35);4H,1-3H2;3*1H4/t24-,27-,28-,29+,30+,31-,32+;22-,25-,26-,27+,28+,29-,30+;;;;/m11..../s1. The minimum Gasteiger partial charge on any atom is -0.481 e. The topological polar surface area (TPSA) is 242 Å². The van der Waals surface area contributed by atoms with Crippen LogP contribution >= 0.6 is 0 Å². The van der Waals surface area contributed by atoms with E-state index in [-0.39, 0.29) is 104 Å². The summed E-state index contributed by atoms with van der Waals surface area (Å²) in [5.41, 5.74) is 6.37. The maximum Gasteiger partial charge on any atom is 0.309 e. The number of rotatable bonds is 7. The van der Waals surface area contributed by atoms with Crippen molar-refractivity contribution in [2.45, 2.75) is 195 Å². The number of aliphatic hydroxyl groups is 4. The number of fused-ring (bicyclic) bond motifs is 14. The van der Waals surface area contributed by atoms with Gasteiger partial charge in [0.2, 0.25) is 29.0 Å². The number of hydrogen-bond donors (Lipinski definition) is 7. The first-order valence-electron chi connectivity index (χ1n) is 28.8. The number of carboxylic acid groups (broad SMARTS) is 1. The van der Waals surface area contributed by atoms with Gasteiger partial charge < -0.3 is 36.6 Å². The Bertz CT molecular complexity index is 2750. The van der Waals surface area contributed by atoms with Crippen molar-refractivity contribution in [3.05, 3.63) is 69.9 Å². The monoisotopic (exact) mass is 1110 g/mol. The predicted octanol–water partition coefficient (Wildman–Crippen LogP) is 10.7. The van der Waals surface area contributed by atoms with Crippen molar-refractivity contribution in [2.75, 3.05) is 39.5 Å². The number of Topliss-reactive ketones (excluding diaryl/α,β-unsaturated/α-hetero) is 2. The highest BCUT2D eigenvalue weighted by atomic mass is 16.4. The van der Waals surface area contributed by atoms with E-state index < -0.39 is 50.8 Å². The minimum absolute atomic E-state index is 0. The molecule has 6 fully saturated rings. The van der Waals surface area contributed by atoms with Gasteiger partial charge in [0.25, 0.3) is 0 Å². The fraction of sp³-hybridized carbons (Fsp3) is 0.731. The molecule has 0 radical (unpaired) electrons. The Hall–Kier alpha value is -4.14. The molecule has 80 heavy (non-hydrogen) atoms. The van der Waals surface area contributed by atoms with Crippen LogP contribution in [0.4, 0.5) is 0 Å². The Labute approximate surface area is 479 Å². The van der Waals surface area contributed by atoms with E-state index in [1.807, 2.05) is 19.1 Å². The van der Waals surface area contributed by atoms with Crippen LogP contribution < -0.4 is 11.1 Å². The summed E-state index contributed by atoms with van der Waals surface area (Å²) in [6.07, 6.45) is 24.4. The molecule has 6 saturated carbocycles. The summed E-state index contributed by atoms with van der Waals surface area (Å²) in [4.78, 5) is 76.8. The zero-order chi connectivity index (χ0) is 57.2. The first-order chi connectivity index (χ1) is 35.7. The smallest absolute Gasteiger partial charge is 0.309 e.